The molecule has 1 N–H and O–H groups in total. The first-order chi connectivity index (χ1) is 14.6. The highest BCUT2D eigenvalue weighted by Gasteiger charge is 2.26. The zero-order valence-corrected chi connectivity index (χ0v) is 19.6. The van der Waals surface area contributed by atoms with Gasteiger partial charge >= 0.3 is 17.7 Å². The van der Waals surface area contributed by atoms with Gasteiger partial charge in [0.25, 0.3) is 0 Å². The van der Waals surface area contributed by atoms with E-state index in [4.69, 9.17) is 13.9 Å². The summed E-state index contributed by atoms with van der Waals surface area (Å²) in [6, 6.07) is 5.62. The average Bonchev–Trinajstić information content (AvgIpc) is 2.67. The molecule has 0 bridgehead atoms. The number of benzene rings is 1. The van der Waals surface area contributed by atoms with Crippen molar-refractivity contribution >= 4 is 34.8 Å². The van der Waals surface area contributed by atoms with Crippen molar-refractivity contribution in [2.24, 2.45) is 0 Å². The molecule has 1 unspecified atom stereocenters. The van der Waals surface area contributed by atoms with Crippen molar-refractivity contribution < 1.29 is 23.5 Å². The van der Waals surface area contributed by atoms with Gasteiger partial charge in [-0.3, -0.25) is 0 Å². The number of thioether (sulfide) groups is 1. The van der Waals surface area contributed by atoms with Crippen LogP contribution in [0.5, 0.6) is 5.75 Å². The lowest BCUT2D eigenvalue weighted by molar-refractivity contribution is -0.136. The van der Waals surface area contributed by atoms with Crippen LogP contribution in [0, 0.1) is 0 Å². The fourth-order valence-electron chi connectivity index (χ4n) is 2.97. The molecule has 2 aromatic rings. The Morgan fingerprint density at radius 3 is 2.61 bits per heavy atom. The smallest absolute Gasteiger partial charge is 0.408 e. The Balaban J connectivity index is 2.20. The molecular formula is C23H31NO6S. The van der Waals surface area contributed by atoms with E-state index in [2.05, 4.69) is 12.2 Å². The molecule has 2 rings (SSSR count). The first-order valence-electron chi connectivity index (χ1n) is 10.4. The number of rotatable bonds is 9. The molecule has 0 fully saturated rings. The summed E-state index contributed by atoms with van der Waals surface area (Å²) in [6.45, 7) is 7.34. The second-order valence-corrected chi connectivity index (χ2v) is 9.24. The van der Waals surface area contributed by atoms with Crippen molar-refractivity contribution in [2.75, 3.05) is 12.0 Å². The topological polar surface area (TPSA) is 94.8 Å². The van der Waals surface area contributed by atoms with E-state index < -0.39 is 29.3 Å². The van der Waals surface area contributed by atoms with Gasteiger partial charge in [0.05, 0.1) is 0 Å². The molecule has 1 aromatic heterocycles. The number of alkyl carbamates (subject to hydrolysis) is 1. The van der Waals surface area contributed by atoms with Gasteiger partial charge in [-0.25, -0.2) is 14.4 Å². The molecule has 0 aliphatic carbocycles. The lowest BCUT2D eigenvalue weighted by Gasteiger charge is -2.22. The summed E-state index contributed by atoms with van der Waals surface area (Å²) in [5, 5.41) is 3.40. The number of amides is 1. The van der Waals surface area contributed by atoms with Gasteiger partial charge < -0.3 is 19.2 Å². The molecule has 170 valence electrons. The quantitative estimate of drug-likeness (QED) is 0.337. The van der Waals surface area contributed by atoms with Crippen LogP contribution < -0.4 is 15.7 Å². The van der Waals surface area contributed by atoms with Gasteiger partial charge in [0.2, 0.25) is 0 Å². The Kier molecular flexibility index (Phi) is 8.98. The van der Waals surface area contributed by atoms with Crippen LogP contribution in [0.1, 0.15) is 52.5 Å². The number of hydrogen-bond donors (Lipinski definition) is 1. The van der Waals surface area contributed by atoms with E-state index in [1.165, 1.54) is 12.1 Å². The van der Waals surface area contributed by atoms with E-state index >= 15 is 0 Å². The van der Waals surface area contributed by atoms with Crippen LogP contribution in [-0.2, 0) is 16.0 Å². The van der Waals surface area contributed by atoms with E-state index in [9.17, 15) is 14.4 Å². The van der Waals surface area contributed by atoms with E-state index in [1.807, 2.05) is 6.26 Å². The third-order valence-electron chi connectivity index (χ3n) is 4.41. The summed E-state index contributed by atoms with van der Waals surface area (Å²) >= 11 is 1.56. The zero-order valence-electron chi connectivity index (χ0n) is 18.8. The molecular weight excluding hydrogens is 418 g/mol. The normalized spacial score (nSPS) is 12.4. The van der Waals surface area contributed by atoms with E-state index in [0.717, 1.165) is 30.2 Å². The van der Waals surface area contributed by atoms with Crippen LogP contribution in [-0.4, -0.2) is 35.7 Å². The second kappa shape index (κ2) is 11.2. The Morgan fingerprint density at radius 1 is 1.23 bits per heavy atom. The molecule has 31 heavy (non-hydrogen) atoms. The maximum absolute atomic E-state index is 12.7. The number of esters is 1. The highest BCUT2D eigenvalue weighted by atomic mass is 32.2. The Bertz CT molecular complexity index is 963. The monoisotopic (exact) mass is 449 g/mol. The van der Waals surface area contributed by atoms with Gasteiger partial charge in [-0.05, 0) is 69.7 Å². The van der Waals surface area contributed by atoms with Crippen molar-refractivity contribution in [1.29, 1.82) is 0 Å². The van der Waals surface area contributed by atoms with Crippen LogP contribution in [0.3, 0.4) is 0 Å². The molecule has 0 radical (unpaired) electrons. The van der Waals surface area contributed by atoms with E-state index in [-0.39, 0.29) is 5.75 Å². The maximum atomic E-state index is 12.7. The predicted molar refractivity (Wildman–Crippen MR) is 123 cm³/mol. The molecule has 1 atom stereocenters. The number of unbranched alkanes of at least 4 members (excludes halogenated alkanes) is 1. The van der Waals surface area contributed by atoms with Crippen molar-refractivity contribution in [3.63, 3.8) is 0 Å². The molecule has 0 saturated carbocycles. The van der Waals surface area contributed by atoms with Crippen molar-refractivity contribution in [3.05, 3.63) is 40.2 Å². The van der Waals surface area contributed by atoms with Gasteiger partial charge in [-0.2, -0.15) is 11.8 Å². The fourth-order valence-corrected chi connectivity index (χ4v) is 3.44. The van der Waals surface area contributed by atoms with Gasteiger partial charge in [0.1, 0.15) is 23.0 Å². The third-order valence-corrected chi connectivity index (χ3v) is 5.05. The molecule has 1 heterocycles. The van der Waals surface area contributed by atoms with E-state index in [0.29, 0.717) is 17.8 Å². The minimum atomic E-state index is -0.860. The minimum absolute atomic E-state index is 0.244. The predicted octanol–water partition coefficient (Wildman–Crippen LogP) is 4.69. The maximum Gasteiger partial charge on any atom is 0.408 e. The summed E-state index contributed by atoms with van der Waals surface area (Å²) in [5.74, 6) is 0.292. The highest BCUT2D eigenvalue weighted by Crippen LogP contribution is 2.24. The molecule has 8 heteroatoms. The van der Waals surface area contributed by atoms with Crippen molar-refractivity contribution in [3.8, 4) is 5.75 Å². The lowest BCUT2D eigenvalue weighted by Crippen LogP contribution is -2.45. The first kappa shape index (κ1) is 24.8. The average molecular weight is 450 g/mol. The summed E-state index contributed by atoms with van der Waals surface area (Å²) in [4.78, 5) is 36.8. The van der Waals surface area contributed by atoms with Crippen molar-refractivity contribution in [1.82, 2.24) is 5.32 Å². The van der Waals surface area contributed by atoms with Crippen LogP contribution in [0.2, 0.25) is 0 Å². The number of ether oxygens (including phenoxy) is 2. The number of aryl methyl sites for hydroxylation is 1. The van der Waals surface area contributed by atoms with Gasteiger partial charge in [-0.1, -0.05) is 13.3 Å². The molecule has 0 spiro atoms. The third kappa shape index (κ3) is 7.94. The first-order valence-corrected chi connectivity index (χ1v) is 11.8. The minimum Gasteiger partial charge on any atom is -0.444 e. The largest absolute Gasteiger partial charge is 0.444 e. The molecule has 0 saturated heterocycles. The summed E-state index contributed by atoms with van der Waals surface area (Å²) in [6.07, 6.45) is 4.37. The highest BCUT2D eigenvalue weighted by molar-refractivity contribution is 7.98. The SMILES string of the molecule is CCCCc1cc(=O)oc2cc(OC(=O)C(CCSC)NC(=O)OC(C)(C)C)ccc12. The van der Waals surface area contributed by atoms with Crippen LogP contribution in [0.25, 0.3) is 11.0 Å². The van der Waals surface area contributed by atoms with E-state index in [1.54, 1.807) is 44.7 Å². The van der Waals surface area contributed by atoms with Gasteiger partial charge in [0, 0.05) is 17.5 Å². The van der Waals surface area contributed by atoms with Gasteiger partial charge in [0.15, 0.2) is 0 Å². The van der Waals surface area contributed by atoms with Crippen LogP contribution in [0.15, 0.2) is 33.5 Å². The Hall–Kier alpha value is -2.48. The molecule has 0 aliphatic heterocycles. The summed E-state index contributed by atoms with van der Waals surface area (Å²) < 4.78 is 16.1. The number of carbonyl (C=O) groups is 2. The zero-order chi connectivity index (χ0) is 23.0. The Labute approximate surface area is 186 Å². The van der Waals surface area contributed by atoms with Crippen molar-refractivity contribution in [2.45, 2.75) is 65.0 Å². The van der Waals surface area contributed by atoms with Crippen LogP contribution in [0.4, 0.5) is 4.79 Å². The standard InChI is InChI=1S/C23H31NO6S/c1-6-7-8-15-13-20(25)29-19-14-16(9-10-17(15)19)28-21(26)18(11-12-31-5)24-22(27)30-23(2,3)4/h9-10,13-14,18H,6-8,11-12H2,1-5H3,(H,24,27). The summed E-state index contributed by atoms with van der Waals surface area (Å²) in [5.41, 5.74) is 0.162. The Morgan fingerprint density at radius 2 is 1.97 bits per heavy atom. The molecule has 1 amide bonds. The molecule has 1 aromatic carbocycles. The molecule has 0 aliphatic rings. The number of nitrogens with one attached hydrogen (secondary N) is 1. The fraction of sp³-hybridized carbons (Fsp3) is 0.522. The second-order valence-electron chi connectivity index (χ2n) is 8.25. The number of hydrogen-bond acceptors (Lipinski definition) is 7. The molecule has 7 nitrogen and oxygen atoms in total. The lowest BCUT2D eigenvalue weighted by atomic mass is 10.0. The number of carbonyl (C=O) groups excluding carboxylic acids is 2. The van der Waals surface area contributed by atoms with Gasteiger partial charge in [-0.15, -0.1) is 0 Å². The summed E-state index contributed by atoms with van der Waals surface area (Å²) in [7, 11) is 0. The van der Waals surface area contributed by atoms with Crippen LogP contribution >= 0.6 is 11.8 Å². The number of fused-ring (bicyclic) bond motifs is 1.